The van der Waals surface area contributed by atoms with Gasteiger partial charge in [0, 0.05) is 23.9 Å². The Kier molecular flexibility index (Phi) is 7.22. The number of hydrogen-bond acceptors (Lipinski definition) is 4. The monoisotopic (exact) mass is 409 g/mol. The predicted molar refractivity (Wildman–Crippen MR) is 97.6 cm³/mol. The summed E-state index contributed by atoms with van der Waals surface area (Å²) in [5, 5.41) is 5.52. The molecule has 7 unspecified atom stereocenters. The summed E-state index contributed by atoms with van der Waals surface area (Å²) in [6.45, 7) is 0.735. The van der Waals surface area contributed by atoms with Crippen LogP contribution in [0.4, 0.5) is 13.2 Å². The fourth-order valence-electron chi connectivity index (χ4n) is 3.86. The van der Waals surface area contributed by atoms with E-state index in [0.717, 1.165) is 13.0 Å². The molecule has 154 valence electrons. The van der Waals surface area contributed by atoms with Gasteiger partial charge >= 0.3 is 0 Å². The molecule has 1 saturated heterocycles. The molecule has 10 heteroatoms. The van der Waals surface area contributed by atoms with Crippen LogP contribution in [0, 0.1) is 5.92 Å². The van der Waals surface area contributed by atoms with E-state index in [1.165, 1.54) is 0 Å². The van der Waals surface area contributed by atoms with Crippen LogP contribution in [0.2, 0.25) is 0 Å². The van der Waals surface area contributed by atoms with Crippen LogP contribution in [0.1, 0.15) is 44.9 Å². The van der Waals surface area contributed by atoms with E-state index in [9.17, 15) is 18.0 Å². The Hall–Kier alpha value is -1.06. The van der Waals surface area contributed by atoms with Crippen LogP contribution in [-0.4, -0.2) is 54.5 Å². The second-order valence-electron chi connectivity index (χ2n) is 7.63. The maximum absolute atomic E-state index is 13.8. The van der Waals surface area contributed by atoms with E-state index in [-0.39, 0.29) is 42.8 Å². The molecule has 0 bridgehead atoms. The molecule has 0 aromatic heterocycles. The first-order valence-corrected chi connectivity index (χ1v) is 10.0. The highest BCUT2D eigenvalue weighted by molar-refractivity contribution is 6.20. The molecule has 27 heavy (non-hydrogen) atoms. The zero-order chi connectivity index (χ0) is 19.4. The lowest BCUT2D eigenvalue weighted by molar-refractivity contribution is -0.125. The third-order valence-corrected chi connectivity index (χ3v) is 5.69. The van der Waals surface area contributed by atoms with Crippen LogP contribution in [0.15, 0.2) is 4.99 Å². The molecule has 3 fully saturated rings. The highest BCUT2D eigenvalue weighted by Gasteiger charge is 2.35. The normalized spacial score (nSPS) is 40.6. The standard InChI is InChI=1S/C17H27ClF3N5O/c18-10-6-11(19)8-12(7-10)23-17(24-15-3-4-22-26-15)25-16(27)9-1-2-13(20)14(21)5-9/h9-15,22,26H,1-8H2,(H2,23,24,25,27). The average Bonchev–Trinajstić information content (AvgIpc) is 3.09. The van der Waals surface area contributed by atoms with Gasteiger partial charge in [-0.3, -0.25) is 15.5 Å². The van der Waals surface area contributed by atoms with E-state index in [4.69, 9.17) is 11.6 Å². The van der Waals surface area contributed by atoms with Crippen molar-refractivity contribution in [2.24, 2.45) is 10.9 Å². The fraction of sp³-hybridized carbons (Fsp3) is 0.882. The number of hydrazine groups is 1. The third kappa shape index (κ3) is 5.96. The molecule has 2 aliphatic carbocycles. The van der Waals surface area contributed by atoms with E-state index in [0.29, 0.717) is 19.3 Å². The van der Waals surface area contributed by atoms with Crippen LogP contribution in [0.3, 0.4) is 0 Å². The molecule has 0 spiro atoms. The summed E-state index contributed by atoms with van der Waals surface area (Å²) < 4.78 is 40.8. The van der Waals surface area contributed by atoms with Gasteiger partial charge in [-0.1, -0.05) is 0 Å². The van der Waals surface area contributed by atoms with Crippen LogP contribution in [0.25, 0.3) is 0 Å². The lowest BCUT2D eigenvalue weighted by atomic mass is 9.86. The van der Waals surface area contributed by atoms with Gasteiger partial charge in [0.2, 0.25) is 5.91 Å². The SMILES string of the molecule is O=C(N/C(=N/C1CCNN1)NC1CC(F)CC(Cl)C1)C1CCC(F)C(F)C1. The first-order chi connectivity index (χ1) is 12.9. The Labute approximate surface area is 162 Å². The van der Waals surface area contributed by atoms with Crippen molar-refractivity contribution in [3.63, 3.8) is 0 Å². The molecule has 4 N–H and O–H groups in total. The topological polar surface area (TPSA) is 77.5 Å². The number of hydrogen-bond donors (Lipinski definition) is 4. The van der Waals surface area contributed by atoms with Gasteiger partial charge < -0.3 is 5.32 Å². The largest absolute Gasteiger partial charge is 0.353 e. The highest BCUT2D eigenvalue weighted by Crippen LogP contribution is 2.29. The maximum atomic E-state index is 13.8. The van der Waals surface area contributed by atoms with Gasteiger partial charge in [-0.15, -0.1) is 11.6 Å². The van der Waals surface area contributed by atoms with Crippen LogP contribution < -0.4 is 21.5 Å². The van der Waals surface area contributed by atoms with Crippen molar-refractivity contribution in [3.8, 4) is 0 Å². The molecule has 3 aliphatic rings. The van der Waals surface area contributed by atoms with Crippen molar-refractivity contribution in [1.29, 1.82) is 0 Å². The number of alkyl halides is 4. The number of rotatable bonds is 3. The van der Waals surface area contributed by atoms with Gasteiger partial charge in [0.15, 0.2) is 5.96 Å². The third-order valence-electron chi connectivity index (χ3n) is 5.33. The second kappa shape index (κ2) is 9.43. The quantitative estimate of drug-likeness (QED) is 0.326. The predicted octanol–water partition coefficient (Wildman–Crippen LogP) is 1.85. The van der Waals surface area contributed by atoms with Gasteiger partial charge in [0.05, 0.1) is 0 Å². The summed E-state index contributed by atoms with van der Waals surface area (Å²) in [4.78, 5) is 17.0. The second-order valence-corrected chi connectivity index (χ2v) is 8.24. The summed E-state index contributed by atoms with van der Waals surface area (Å²) >= 11 is 6.11. The summed E-state index contributed by atoms with van der Waals surface area (Å²) in [6, 6.07) is -0.250. The molecule has 0 aromatic carbocycles. The minimum Gasteiger partial charge on any atom is -0.353 e. The van der Waals surface area contributed by atoms with Gasteiger partial charge in [0.1, 0.15) is 24.7 Å². The fourth-order valence-corrected chi connectivity index (χ4v) is 4.27. The molecule has 0 radical (unpaired) electrons. The Balaban J connectivity index is 1.63. The minimum atomic E-state index is -1.62. The molecule has 1 heterocycles. The number of guanidine groups is 1. The summed E-state index contributed by atoms with van der Waals surface area (Å²) in [7, 11) is 0. The minimum absolute atomic E-state index is 0.0351. The number of aliphatic imine (C=N–C) groups is 1. The van der Waals surface area contributed by atoms with E-state index >= 15 is 0 Å². The van der Waals surface area contributed by atoms with Gasteiger partial charge in [-0.05, 0) is 44.9 Å². The molecule has 1 amide bonds. The van der Waals surface area contributed by atoms with E-state index in [2.05, 4.69) is 26.5 Å². The maximum Gasteiger partial charge on any atom is 0.229 e. The number of carbonyl (C=O) groups excluding carboxylic acids is 1. The van der Waals surface area contributed by atoms with Crippen LogP contribution >= 0.6 is 11.6 Å². The summed E-state index contributed by atoms with van der Waals surface area (Å²) in [5.41, 5.74) is 5.92. The Morgan fingerprint density at radius 3 is 2.52 bits per heavy atom. The van der Waals surface area contributed by atoms with Gasteiger partial charge in [-0.25, -0.2) is 23.6 Å². The zero-order valence-electron chi connectivity index (χ0n) is 15.1. The lowest BCUT2D eigenvalue weighted by Crippen LogP contribution is -2.51. The Morgan fingerprint density at radius 1 is 1.04 bits per heavy atom. The molecule has 2 saturated carbocycles. The van der Waals surface area contributed by atoms with Crippen molar-refractivity contribution in [3.05, 3.63) is 0 Å². The van der Waals surface area contributed by atoms with Crippen molar-refractivity contribution in [2.45, 2.75) is 81.0 Å². The van der Waals surface area contributed by atoms with Crippen molar-refractivity contribution in [1.82, 2.24) is 21.5 Å². The van der Waals surface area contributed by atoms with Crippen molar-refractivity contribution in [2.75, 3.05) is 6.54 Å². The van der Waals surface area contributed by atoms with Crippen molar-refractivity contribution >= 4 is 23.5 Å². The van der Waals surface area contributed by atoms with Gasteiger partial charge in [-0.2, -0.15) is 0 Å². The highest BCUT2D eigenvalue weighted by atomic mass is 35.5. The van der Waals surface area contributed by atoms with Crippen molar-refractivity contribution < 1.29 is 18.0 Å². The molecular formula is C17H27ClF3N5O. The molecule has 6 nitrogen and oxygen atoms in total. The smallest absolute Gasteiger partial charge is 0.229 e. The zero-order valence-corrected chi connectivity index (χ0v) is 15.8. The van der Waals surface area contributed by atoms with Gasteiger partial charge in [0.25, 0.3) is 0 Å². The van der Waals surface area contributed by atoms with E-state index < -0.39 is 30.3 Å². The van der Waals surface area contributed by atoms with Crippen LogP contribution in [-0.2, 0) is 4.79 Å². The summed E-state index contributed by atoms with van der Waals surface area (Å²) in [6.07, 6.45) is -2.27. The first kappa shape index (κ1) is 20.7. The molecule has 7 atom stereocenters. The lowest BCUT2D eigenvalue weighted by Gasteiger charge is -2.31. The van der Waals surface area contributed by atoms with E-state index in [1.807, 2.05) is 0 Å². The molecular weight excluding hydrogens is 383 g/mol. The molecule has 0 aromatic rings. The number of nitrogens with one attached hydrogen (secondary N) is 4. The first-order valence-electron chi connectivity index (χ1n) is 9.60. The number of carbonyl (C=O) groups is 1. The van der Waals surface area contributed by atoms with E-state index in [1.54, 1.807) is 0 Å². The van der Waals surface area contributed by atoms with Crippen LogP contribution in [0.5, 0.6) is 0 Å². The number of amides is 1. The molecule has 3 rings (SSSR count). The Morgan fingerprint density at radius 2 is 1.85 bits per heavy atom. The Bertz CT molecular complexity index is 539. The summed E-state index contributed by atoms with van der Waals surface area (Å²) in [5.74, 6) is -0.770. The number of halogens is 4. The average molecular weight is 410 g/mol. The molecule has 1 aliphatic heterocycles. The number of nitrogens with zero attached hydrogens (tertiary/aromatic N) is 1.